The Morgan fingerprint density at radius 1 is 1.00 bits per heavy atom. The van der Waals surface area contributed by atoms with Crippen LogP contribution in [0.15, 0.2) is 0 Å². The molecule has 114 valence electrons. The largest absolute Gasteiger partial charge is 0.455 e. The van der Waals surface area contributed by atoms with Crippen LogP contribution in [0, 0.1) is 0 Å². The van der Waals surface area contributed by atoms with Gasteiger partial charge in [0.2, 0.25) is 0 Å². The summed E-state index contributed by atoms with van der Waals surface area (Å²) < 4.78 is 113. The van der Waals surface area contributed by atoms with E-state index in [9.17, 15) is 39.0 Å². The van der Waals surface area contributed by atoms with Crippen molar-refractivity contribution >= 4 is 21.2 Å². The van der Waals surface area contributed by atoms with Crippen molar-refractivity contribution in [1.82, 2.24) is 0 Å². The fourth-order valence-electron chi connectivity index (χ4n) is 0.909. The third-order valence-electron chi connectivity index (χ3n) is 2.17. The van der Waals surface area contributed by atoms with Gasteiger partial charge in [-0.15, -0.1) is 0 Å². The van der Waals surface area contributed by atoms with Gasteiger partial charge in [0, 0.05) is 0 Å². The number of alkyl halides is 6. The minimum atomic E-state index is -6.29. The Morgan fingerprint density at radius 2 is 1.37 bits per heavy atom. The molecule has 19 heavy (non-hydrogen) atoms. The van der Waals surface area contributed by atoms with Crippen LogP contribution in [-0.2, 0) is 29.6 Å². The Morgan fingerprint density at radius 3 is 1.63 bits per heavy atom. The van der Waals surface area contributed by atoms with Gasteiger partial charge in [-0.25, -0.2) is 12.6 Å². The van der Waals surface area contributed by atoms with Crippen molar-refractivity contribution in [1.29, 1.82) is 0 Å². The lowest BCUT2D eigenvalue weighted by molar-refractivity contribution is -0.422. The Hall–Kier alpha value is -0.400. The summed E-state index contributed by atoms with van der Waals surface area (Å²) in [6.07, 6.45) is -12.6. The fourth-order valence-corrected chi connectivity index (χ4v) is 3.19. The van der Waals surface area contributed by atoms with Crippen LogP contribution in [-0.4, -0.2) is 34.8 Å². The van der Waals surface area contributed by atoms with Crippen molar-refractivity contribution in [2.45, 2.75) is 36.1 Å². The van der Waals surface area contributed by atoms with Gasteiger partial charge < -0.3 is 0 Å². The molecule has 1 rings (SSSR count). The number of rotatable bonds is 0. The molecule has 1 unspecified atom stereocenters. The molecule has 0 N–H and O–H groups in total. The van der Waals surface area contributed by atoms with Gasteiger partial charge in [0.1, 0.15) is 0 Å². The molecule has 0 amide bonds. The summed E-state index contributed by atoms with van der Waals surface area (Å²) in [4.78, 5) is 0. The van der Waals surface area contributed by atoms with Crippen LogP contribution in [0.3, 0.4) is 0 Å². The molecule has 1 saturated heterocycles. The Balaban J connectivity index is 3.54. The maximum absolute atomic E-state index is 12.5. The third kappa shape index (κ3) is 2.25. The van der Waals surface area contributed by atoms with Crippen LogP contribution in [0.25, 0.3) is 0 Å². The molecule has 1 aliphatic heterocycles. The van der Waals surface area contributed by atoms with E-state index in [4.69, 9.17) is 0 Å². The standard InChI is InChI=1S/C6H6F6O5S2/c1-3(2)18(13)16-4(5(7,8)9,6(10,11)12)17-19(3,14)15/h1-2H3. The second-order valence-corrected chi connectivity index (χ2v) is 7.88. The molecule has 0 bridgehead atoms. The van der Waals surface area contributed by atoms with Gasteiger partial charge in [0.05, 0.1) is 0 Å². The molecular weight excluding hydrogens is 330 g/mol. The highest BCUT2D eigenvalue weighted by Crippen LogP contribution is 2.52. The maximum Gasteiger partial charge on any atom is 0.455 e. The van der Waals surface area contributed by atoms with Gasteiger partial charge in [0.25, 0.3) is 10.1 Å². The summed E-state index contributed by atoms with van der Waals surface area (Å²) in [5.41, 5.74) is 0. The minimum Gasteiger partial charge on any atom is -0.235 e. The number of hydrogen-bond donors (Lipinski definition) is 0. The Bertz CT molecular complexity index is 489. The third-order valence-corrected chi connectivity index (χ3v) is 6.04. The first kappa shape index (κ1) is 16.7. The average molecular weight is 336 g/mol. The molecule has 1 heterocycles. The summed E-state index contributed by atoms with van der Waals surface area (Å²) in [6.45, 7) is 1.21. The molecule has 1 aliphatic rings. The molecule has 0 aromatic rings. The lowest BCUT2D eigenvalue weighted by Crippen LogP contribution is -2.67. The lowest BCUT2D eigenvalue weighted by Gasteiger charge is -2.41. The Labute approximate surface area is 105 Å². The SMILES string of the molecule is CC1(C)S(=O)OC(C(F)(F)F)(C(F)(F)F)OS1(=O)=O. The van der Waals surface area contributed by atoms with Gasteiger partial charge in [0.15, 0.2) is 15.2 Å². The normalized spacial score (nSPS) is 30.0. The molecule has 0 aliphatic carbocycles. The van der Waals surface area contributed by atoms with E-state index in [2.05, 4.69) is 8.37 Å². The van der Waals surface area contributed by atoms with Gasteiger partial charge in [-0.05, 0) is 13.8 Å². The van der Waals surface area contributed by atoms with E-state index in [1.807, 2.05) is 0 Å². The molecule has 0 aromatic carbocycles. The van der Waals surface area contributed by atoms with E-state index in [0.717, 1.165) is 0 Å². The average Bonchev–Trinajstić information content (AvgIpc) is 2.09. The topological polar surface area (TPSA) is 69.7 Å². The molecule has 0 saturated carbocycles. The molecule has 0 radical (unpaired) electrons. The van der Waals surface area contributed by atoms with Crippen LogP contribution in [0.1, 0.15) is 13.8 Å². The maximum atomic E-state index is 12.5. The molecule has 1 fully saturated rings. The summed E-state index contributed by atoms with van der Waals surface area (Å²) in [5.74, 6) is -5.47. The summed E-state index contributed by atoms with van der Waals surface area (Å²) in [6, 6.07) is 0. The van der Waals surface area contributed by atoms with E-state index < -0.39 is 43.4 Å². The molecule has 13 heteroatoms. The minimum absolute atomic E-state index is 0.606. The van der Waals surface area contributed by atoms with E-state index in [-0.39, 0.29) is 0 Å². The lowest BCUT2D eigenvalue weighted by atomic mass is 10.3. The molecular formula is C6H6F6O5S2. The predicted molar refractivity (Wildman–Crippen MR) is 48.2 cm³/mol. The second kappa shape index (κ2) is 4.05. The first-order chi connectivity index (χ1) is 8.08. The molecule has 1 atom stereocenters. The van der Waals surface area contributed by atoms with Gasteiger partial charge in [-0.1, -0.05) is 0 Å². The van der Waals surface area contributed by atoms with Crippen molar-refractivity contribution in [2.75, 3.05) is 0 Å². The second-order valence-electron chi connectivity index (χ2n) is 3.87. The molecule has 0 spiro atoms. The van der Waals surface area contributed by atoms with Crippen molar-refractivity contribution < 1.29 is 47.3 Å². The van der Waals surface area contributed by atoms with Gasteiger partial charge in [-0.2, -0.15) is 34.8 Å². The van der Waals surface area contributed by atoms with Crippen LogP contribution in [0.5, 0.6) is 0 Å². The highest BCUT2D eigenvalue weighted by Gasteiger charge is 2.81. The van der Waals surface area contributed by atoms with Crippen molar-refractivity contribution in [3.05, 3.63) is 0 Å². The van der Waals surface area contributed by atoms with Crippen molar-refractivity contribution in [2.24, 2.45) is 0 Å². The van der Waals surface area contributed by atoms with Crippen LogP contribution in [0.4, 0.5) is 26.3 Å². The predicted octanol–water partition coefficient (Wildman–Crippen LogP) is 1.58. The van der Waals surface area contributed by atoms with Gasteiger partial charge >= 0.3 is 18.1 Å². The fraction of sp³-hybridized carbons (Fsp3) is 1.00. The highest BCUT2D eigenvalue weighted by atomic mass is 32.3. The summed E-state index contributed by atoms with van der Waals surface area (Å²) in [7, 11) is -5.45. The number of halogens is 6. The van der Waals surface area contributed by atoms with E-state index in [1.54, 1.807) is 0 Å². The zero-order chi connectivity index (χ0) is 15.5. The van der Waals surface area contributed by atoms with Crippen molar-refractivity contribution in [3.63, 3.8) is 0 Å². The first-order valence-electron chi connectivity index (χ1n) is 4.28. The summed E-state index contributed by atoms with van der Waals surface area (Å²) in [5, 5.41) is 0. The van der Waals surface area contributed by atoms with Crippen LogP contribution in [0.2, 0.25) is 0 Å². The zero-order valence-corrected chi connectivity index (χ0v) is 10.8. The van der Waals surface area contributed by atoms with Crippen LogP contribution < -0.4 is 0 Å². The van der Waals surface area contributed by atoms with Crippen molar-refractivity contribution in [3.8, 4) is 0 Å². The van der Waals surface area contributed by atoms with Crippen LogP contribution >= 0.6 is 0 Å². The molecule has 0 aromatic heterocycles. The highest BCUT2D eigenvalue weighted by molar-refractivity contribution is 8.03. The summed E-state index contributed by atoms with van der Waals surface area (Å²) >= 11 is -3.44. The van der Waals surface area contributed by atoms with E-state index in [0.29, 0.717) is 13.8 Å². The van der Waals surface area contributed by atoms with Gasteiger partial charge in [-0.3, -0.25) is 0 Å². The monoisotopic (exact) mass is 336 g/mol. The quantitative estimate of drug-likeness (QED) is 0.496. The van der Waals surface area contributed by atoms with E-state index >= 15 is 0 Å². The number of hydrogen-bond acceptors (Lipinski definition) is 5. The first-order valence-corrected chi connectivity index (χ1v) is 6.77. The Kier molecular flexibility index (Phi) is 3.55. The van der Waals surface area contributed by atoms with E-state index in [1.165, 1.54) is 0 Å². The smallest absolute Gasteiger partial charge is 0.235 e. The molecule has 5 nitrogen and oxygen atoms in total. The zero-order valence-electron chi connectivity index (χ0n) is 9.13.